The molecule has 0 spiro atoms. The van der Waals surface area contributed by atoms with Gasteiger partial charge in [-0.05, 0) is 36.7 Å². The highest BCUT2D eigenvalue weighted by Gasteiger charge is 2.26. The fourth-order valence-corrected chi connectivity index (χ4v) is 1.19. The summed E-state index contributed by atoms with van der Waals surface area (Å²) in [6.45, 7) is 5.32. The Labute approximate surface area is 96.1 Å². The zero-order valence-corrected chi connectivity index (χ0v) is 10.4. The number of rotatable bonds is 2. The molecule has 6 heteroatoms. The lowest BCUT2D eigenvalue weighted by Gasteiger charge is -2.21. The monoisotopic (exact) mass is 276 g/mol. The summed E-state index contributed by atoms with van der Waals surface area (Å²) < 4.78 is 10.4. The molecule has 1 unspecified atom stereocenters. The molecule has 0 fully saturated rings. The number of ether oxygens (including phenoxy) is 1. The minimum atomic E-state index is -0.942. The maximum absolute atomic E-state index is 11.5. The van der Waals surface area contributed by atoms with Crippen LogP contribution in [0.15, 0.2) is 15.2 Å². The van der Waals surface area contributed by atoms with E-state index < -0.39 is 17.6 Å². The van der Waals surface area contributed by atoms with Crippen molar-refractivity contribution < 1.29 is 14.1 Å². The molecule has 0 radical (unpaired) electrons. The molecule has 0 amide bonds. The largest absolute Gasteiger partial charge is 0.458 e. The zero-order chi connectivity index (χ0) is 11.6. The van der Waals surface area contributed by atoms with Crippen LogP contribution in [0, 0.1) is 0 Å². The van der Waals surface area contributed by atoms with Crippen LogP contribution in [0.1, 0.15) is 32.6 Å². The predicted octanol–water partition coefficient (Wildman–Crippen LogP) is 1.78. The van der Waals surface area contributed by atoms with Crippen LogP contribution in [0.25, 0.3) is 0 Å². The fraction of sp³-hybridized carbons (Fsp3) is 0.556. The Morgan fingerprint density at radius 1 is 1.67 bits per heavy atom. The minimum Gasteiger partial charge on any atom is -0.458 e. The number of carbonyl (C=O) groups is 1. The van der Waals surface area contributed by atoms with Crippen molar-refractivity contribution in [3.8, 4) is 0 Å². The summed E-state index contributed by atoms with van der Waals surface area (Å²) in [5.41, 5.74) is 5.07. The summed E-state index contributed by atoms with van der Waals surface area (Å²) in [6.07, 6.45) is 0. The first kappa shape index (κ1) is 12.2. The summed E-state index contributed by atoms with van der Waals surface area (Å²) >= 11 is 3.10. The van der Waals surface area contributed by atoms with E-state index in [0.717, 1.165) is 0 Å². The van der Waals surface area contributed by atoms with Gasteiger partial charge in [0.15, 0.2) is 11.8 Å². The Morgan fingerprint density at radius 2 is 2.27 bits per heavy atom. The number of esters is 1. The van der Waals surface area contributed by atoms with Gasteiger partial charge in [0.25, 0.3) is 0 Å². The van der Waals surface area contributed by atoms with Crippen molar-refractivity contribution in [2.24, 2.45) is 5.73 Å². The van der Waals surface area contributed by atoms with Crippen molar-refractivity contribution in [2.45, 2.75) is 32.4 Å². The van der Waals surface area contributed by atoms with Crippen LogP contribution in [-0.2, 0) is 9.53 Å². The SMILES string of the molecule is CC(C)(C)OC(=O)C(N)c1cc(Br)no1. The van der Waals surface area contributed by atoms with Gasteiger partial charge in [-0.15, -0.1) is 0 Å². The first-order chi connectivity index (χ1) is 6.79. The molecule has 84 valence electrons. The molecule has 0 aliphatic heterocycles. The Balaban J connectivity index is 2.69. The van der Waals surface area contributed by atoms with E-state index in [1.54, 1.807) is 20.8 Å². The molecule has 0 bridgehead atoms. The lowest BCUT2D eigenvalue weighted by Crippen LogP contribution is -2.31. The maximum Gasteiger partial charge on any atom is 0.331 e. The number of aromatic nitrogens is 1. The number of hydrogen-bond acceptors (Lipinski definition) is 5. The van der Waals surface area contributed by atoms with Crippen LogP contribution in [-0.4, -0.2) is 16.7 Å². The summed E-state index contributed by atoms with van der Waals surface area (Å²) in [4.78, 5) is 11.5. The average Bonchev–Trinajstić information content (AvgIpc) is 2.47. The van der Waals surface area contributed by atoms with Crippen molar-refractivity contribution in [1.29, 1.82) is 0 Å². The lowest BCUT2D eigenvalue weighted by atomic mass is 10.2. The predicted molar refractivity (Wildman–Crippen MR) is 57.0 cm³/mol. The second kappa shape index (κ2) is 4.32. The molecule has 1 aromatic rings. The standard InChI is InChI=1S/C9H13BrN2O3/c1-9(2,3)14-8(13)7(11)5-4-6(10)12-15-5/h4,7H,11H2,1-3H3. The van der Waals surface area contributed by atoms with Crippen LogP contribution in [0.2, 0.25) is 0 Å². The van der Waals surface area contributed by atoms with Crippen LogP contribution >= 0.6 is 15.9 Å². The van der Waals surface area contributed by atoms with E-state index in [9.17, 15) is 4.79 Å². The van der Waals surface area contributed by atoms with E-state index in [2.05, 4.69) is 21.1 Å². The third-order valence-corrected chi connectivity index (χ3v) is 1.84. The van der Waals surface area contributed by atoms with Gasteiger partial charge in [-0.2, -0.15) is 0 Å². The molecule has 15 heavy (non-hydrogen) atoms. The van der Waals surface area contributed by atoms with Gasteiger partial charge >= 0.3 is 5.97 Å². The van der Waals surface area contributed by atoms with Crippen LogP contribution in [0.4, 0.5) is 0 Å². The van der Waals surface area contributed by atoms with Gasteiger partial charge in [0.05, 0.1) is 0 Å². The Kier molecular flexibility index (Phi) is 3.51. The van der Waals surface area contributed by atoms with Gasteiger partial charge in [0.1, 0.15) is 10.2 Å². The Bertz CT molecular complexity index is 356. The number of halogens is 1. The minimum absolute atomic E-state index is 0.274. The molecule has 0 saturated heterocycles. The number of carbonyl (C=O) groups excluding carboxylic acids is 1. The molecule has 5 nitrogen and oxygen atoms in total. The van der Waals surface area contributed by atoms with E-state index >= 15 is 0 Å². The zero-order valence-electron chi connectivity index (χ0n) is 8.78. The summed E-state index contributed by atoms with van der Waals surface area (Å²) in [5.74, 6) is -0.262. The van der Waals surface area contributed by atoms with E-state index in [4.69, 9.17) is 15.0 Å². The van der Waals surface area contributed by atoms with Crippen molar-refractivity contribution in [3.63, 3.8) is 0 Å². The Hall–Kier alpha value is -0.880. The first-order valence-electron chi connectivity index (χ1n) is 4.40. The molecule has 1 atom stereocenters. The first-order valence-corrected chi connectivity index (χ1v) is 5.19. The lowest BCUT2D eigenvalue weighted by molar-refractivity contribution is -0.157. The maximum atomic E-state index is 11.5. The quantitative estimate of drug-likeness (QED) is 0.833. The number of nitrogens with two attached hydrogens (primary N) is 1. The van der Waals surface area contributed by atoms with Crippen molar-refractivity contribution in [3.05, 3.63) is 16.4 Å². The molecule has 0 saturated carbocycles. The highest BCUT2D eigenvalue weighted by Crippen LogP contribution is 2.19. The Morgan fingerprint density at radius 3 is 2.67 bits per heavy atom. The molecule has 1 aromatic heterocycles. The smallest absolute Gasteiger partial charge is 0.331 e. The van der Waals surface area contributed by atoms with E-state index in [1.807, 2.05) is 0 Å². The number of hydrogen-bond donors (Lipinski definition) is 1. The third kappa shape index (κ3) is 3.64. The van der Waals surface area contributed by atoms with Crippen molar-refractivity contribution in [1.82, 2.24) is 5.16 Å². The second-order valence-corrected chi connectivity index (χ2v) is 4.88. The molecule has 0 aromatic carbocycles. The highest BCUT2D eigenvalue weighted by atomic mass is 79.9. The molecule has 1 heterocycles. The molecule has 0 aliphatic rings. The third-order valence-electron chi connectivity index (χ3n) is 1.47. The van der Waals surface area contributed by atoms with E-state index in [1.165, 1.54) is 6.07 Å². The van der Waals surface area contributed by atoms with E-state index in [-0.39, 0.29) is 5.76 Å². The van der Waals surface area contributed by atoms with E-state index in [0.29, 0.717) is 4.60 Å². The fourth-order valence-electron chi connectivity index (χ4n) is 0.894. The van der Waals surface area contributed by atoms with Gasteiger partial charge in [0.2, 0.25) is 0 Å². The summed E-state index contributed by atoms with van der Waals surface area (Å²) in [5, 5.41) is 3.57. The van der Waals surface area contributed by atoms with Crippen molar-refractivity contribution >= 4 is 21.9 Å². The van der Waals surface area contributed by atoms with Gasteiger partial charge < -0.3 is 15.0 Å². The summed E-state index contributed by atoms with van der Waals surface area (Å²) in [6, 6.07) is 0.595. The van der Waals surface area contributed by atoms with Gasteiger partial charge in [-0.3, -0.25) is 0 Å². The molecule has 1 rings (SSSR count). The molecule has 0 aliphatic carbocycles. The van der Waals surface area contributed by atoms with Crippen LogP contribution < -0.4 is 5.73 Å². The number of nitrogens with zero attached hydrogens (tertiary/aromatic N) is 1. The molecule has 2 N–H and O–H groups in total. The van der Waals surface area contributed by atoms with Gasteiger partial charge in [-0.1, -0.05) is 5.16 Å². The normalized spacial score (nSPS) is 13.7. The highest BCUT2D eigenvalue weighted by molar-refractivity contribution is 9.10. The van der Waals surface area contributed by atoms with Gasteiger partial charge in [-0.25, -0.2) is 4.79 Å². The second-order valence-electron chi connectivity index (χ2n) is 4.06. The van der Waals surface area contributed by atoms with Crippen molar-refractivity contribution in [2.75, 3.05) is 0 Å². The summed E-state index contributed by atoms with van der Waals surface area (Å²) in [7, 11) is 0. The van der Waals surface area contributed by atoms with Crippen LogP contribution in [0.5, 0.6) is 0 Å². The average molecular weight is 277 g/mol. The molecular formula is C9H13BrN2O3. The van der Waals surface area contributed by atoms with Crippen LogP contribution in [0.3, 0.4) is 0 Å². The topological polar surface area (TPSA) is 78.4 Å². The van der Waals surface area contributed by atoms with Gasteiger partial charge in [0, 0.05) is 6.07 Å². The molecular weight excluding hydrogens is 264 g/mol.